The Morgan fingerprint density at radius 1 is 0.286 bits per heavy atom. The van der Waals surface area contributed by atoms with Crippen molar-refractivity contribution in [1.29, 1.82) is 0 Å². The summed E-state index contributed by atoms with van der Waals surface area (Å²) in [5.74, 6) is 1.89. The summed E-state index contributed by atoms with van der Waals surface area (Å²) in [6, 6.07) is 70.3. The van der Waals surface area contributed by atoms with E-state index in [-0.39, 0.29) is 0 Å². The van der Waals surface area contributed by atoms with Crippen molar-refractivity contribution in [1.82, 2.24) is 24.1 Å². The van der Waals surface area contributed by atoms with Gasteiger partial charge in [-0.25, -0.2) is 15.0 Å². The molecule has 0 aliphatic rings. The lowest BCUT2D eigenvalue weighted by Crippen LogP contribution is -2.00. The van der Waals surface area contributed by atoms with Crippen molar-refractivity contribution < 1.29 is 0 Å². The lowest BCUT2D eigenvalue weighted by molar-refractivity contribution is 1.08. The number of hydrogen-bond acceptors (Lipinski definition) is 3. The molecule has 0 saturated carbocycles. The van der Waals surface area contributed by atoms with Crippen molar-refractivity contribution in [3.8, 4) is 56.7 Å². The minimum Gasteiger partial charge on any atom is -0.309 e. The molecule has 0 unspecified atom stereocenters. The first-order valence-electron chi connectivity index (χ1n) is 18.9. The number of rotatable bonds is 6. The second kappa shape index (κ2) is 13.0. The standard InChI is InChI=1S/C51H33N5/c1-4-15-34(16-5-1)35-27-29-37(30-28-35)50-52-49(36-17-6-2-7-18-36)53-51(54-50)43-23-14-26-46-48(43)42-32-31-39(33-47(42)55(46)38-19-8-3-9-20-38)56-44-24-12-10-21-40(44)41-22-11-13-25-45(41)56/h1-33H. The zero-order valence-electron chi connectivity index (χ0n) is 30.3. The average Bonchev–Trinajstić information content (AvgIpc) is 3.80. The molecule has 11 rings (SSSR count). The zero-order valence-corrected chi connectivity index (χ0v) is 30.3. The van der Waals surface area contributed by atoms with Gasteiger partial charge in [0.15, 0.2) is 17.5 Å². The van der Waals surface area contributed by atoms with E-state index in [9.17, 15) is 0 Å². The van der Waals surface area contributed by atoms with Crippen molar-refractivity contribution in [2.45, 2.75) is 0 Å². The Morgan fingerprint density at radius 3 is 1.43 bits per heavy atom. The molecule has 56 heavy (non-hydrogen) atoms. The summed E-state index contributed by atoms with van der Waals surface area (Å²) in [4.78, 5) is 15.5. The van der Waals surface area contributed by atoms with Crippen LogP contribution in [-0.2, 0) is 0 Å². The van der Waals surface area contributed by atoms with Crippen LogP contribution in [0.2, 0.25) is 0 Å². The average molecular weight is 716 g/mol. The highest BCUT2D eigenvalue weighted by Crippen LogP contribution is 2.40. The van der Waals surface area contributed by atoms with Gasteiger partial charge in [-0.1, -0.05) is 158 Å². The Hall–Kier alpha value is -7.63. The lowest BCUT2D eigenvalue weighted by atomic mass is 10.0. The van der Waals surface area contributed by atoms with E-state index in [1.807, 2.05) is 24.3 Å². The molecule has 0 saturated heterocycles. The summed E-state index contributed by atoms with van der Waals surface area (Å²) in [6.45, 7) is 0. The third-order valence-electron chi connectivity index (χ3n) is 10.8. The van der Waals surface area contributed by atoms with E-state index in [2.05, 4.69) is 185 Å². The van der Waals surface area contributed by atoms with Crippen molar-refractivity contribution in [2.24, 2.45) is 0 Å². The maximum atomic E-state index is 5.23. The molecule has 0 bridgehead atoms. The van der Waals surface area contributed by atoms with Crippen LogP contribution in [0.25, 0.3) is 100 Å². The second-order valence-electron chi connectivity index (χ2n) is 14.1. The number of benzene rings is 8. The molecular formula is C51H33N5. The van der Waals surface area contributed by atoms with Gasteiger partial charge in [0.2, 0.25) is 0 Å². The highest BCUT2D eigenvalue weighted by Gasteiger charge is 2.21. The van der Waals surface area contributed by atoms with E-state index in [4.69, 9.17) is 15.0 Å². The van der Waals surface area contributed by atoms with Crippen molar-refractivity contribution in [3.05, 3.63) is 200 Å². The van der Waals surface area contributed by atoms with E-state index < -0.39 is 0 Å². The number of hydrogen-bond donors (Lipinski definition) is 0. The minimum atomic E-state index is 0.630. The molecule has 0 spiro atoms. The first kappa shape index (κ1) is 31.9. The highest BCUT2D eigenvalue weighted by atomic mass is 15.0. The SMILES string of the molecule is c1ccc(-c2ccc(-c3nc(-c4ccccc4)nc(-c4cccc5c4c4ccc(-n6c7ccccc7c7ccccc76)cc4n5-c4ccccc4)n3)cc2)cc1. The van der Waals surface area contributed by atoms with Crippen LogP contribution in [-0.4, -0.2) is 24.1 Å². The fraction of sp³-hybridized carbons (Fsp3) is 0. The number of fused-ring (bicyclic) bond motifs is 6. The third-order valence-corrected chi connectivity index (χ3v) is 10.8. The molecule has 0 aliphatic carbocycles. The Balaban J connectivity index is 1.15. The normalized spacial score (nSPS) is 11.6. The highest BCUT2D eigenvalue weighted by molar-refractivity contribution is 6.16. The molecular weight excluding hydrogens is 683 g/mol. The van der Waals surface area contributed by atoms with Gasteiger partial charge >= 0.3 is 0 Å². The van der Waals surface area contributed by atoms with Gasteiger partial charge < -0.3 is 9.13 Å². The Morgan fingerprint density at radius 2 is 0.768 bits per heavy atom. The summed E-state index contributed by atoms with van der Waals surface area (Å²) in [7, 11) is 0. The van der Waals surface area contributed by atoms with Crippen LogP contribution >= 0.6 is 0 Å². The quantitative estimate of drug-likeness (QED) is 0.172. The predicted molar refractivity (Wildman–Crippen MR) is 230 cm³/mol. The predicted octanol–water partition coefficient (Wildman–Crippen LogP) is 12.7. The number of nitrogens with zero attached hydrogens (tertiary/aromatic N) is 5. The van der Waals surface area contributed by atoms with E-state index in [0.717, 1.165) is 55.4 Å². The summed E-state index contributed by atoms with van der Waals surface area (Å²) in [6.07, 6.45) is 0. The lowest BCUT2D eigenvalue weighted by Gasteiger charge is -2.11. The number of aromatic nitrogens is 5. The molecule has 262 valence electrons. The maximum absolute atomic E-state index is 5.23. The first-order valence-corrected chi connectivity index (χ1v) is 18.9. The number of para-hydroxylation sites is 3. The van der Waals surface area contributed by atoms with Crippen molar-refractivity contribution >= 4 is 43.6 Å². The van der Waals surface area contributed by atoms with Crippen LogP contribution in [0.3, 0.4) is 0 Å². The fourth-order valence-corrected chi connectivity index (χ4v) is 8.22. The van der Waals surface area contributed by atoms with Crippen LogP contribution in [0, 0.1) is 0 Å². The van der Waals surface area contributed by atoms with Crippen LogP contribution < -0.4 is 0 Å². The van der Waals surface area contributed by atoms with Gasteiger partial charge in [0.05, 0.1) is 22.1 Å². The second-order valence-corrected chi connectivity index (χ2v) is 14.1. The largest absolute Gasteiger partial charge is 0.309 e. The molecule has 5 heteroatoms. The van der Waals surface area contributed by atoms with E-state index >= 15 is 0 Å². The van der Waals surface area contributed by atoms with Gasteiger partial charge in [-0.15, -0.1) is 0 Å². The third kappa shape index (κ3) is 5.21. The molecule has 11 aromatic rings. The molecule has 0 radical (unpaired) electrons. The molecule has 3 aromatic heterocycles. The van der Waals surface area contributed by atoms with Crippen LogP contribution in [0.4, 0.5) is 0 Å². The Kier molecular flexibility index (Phi) is 7.42. The Bertz CT molecular complexity index is 3170. The Labute approximate surface area is 323 Å². The topological polar surface area (TPSA) is 48.5 Å². The monoisotopic (exact) mass is 715 g/mol. The van der Waals surface area contributed by atoms with Crippen LogP contribution in [0.15, 0.2) is 200 Å². The molecule has 0 N–H and O–H groups in total. The van der Waals surface area contributed by atoms with E-state index in [1.165, 1.54) is 27.4 Å². The van der Waals surface area contributed by atoms with Gasteiger partial charge in [0.25, 0.3) is 0 Å². The molecule has 3 heterocycles. The summed E-state index contributed by atoms with van der Waals surface area (Å²) < 4.78 is 4.75. The molecule has 0 aliphatic heterocycles. The fourth-order valence-electron chi connectivity index (χ4n) is 8.22. The van der Waals surface area contributed by atoms with E-state index in [1.54, 1.807) is 0 Å². The summed E-state index contributed by atoms with van der Waals surface area (Å²) in [5, 5.41) is 4.70. The molecule has 0 fully saturated rings. The van der Waals surface area contributed by atoms with Gasteiger partial charge in [0, 0.05) is 49.6 Å². The smallest absolute Gasteiger partial charge is 0.164 e. The van der Waals surface area contributed by atoms with Gasteiger partial charge in [-0.3, -0.25) is 0 Å². The van der Waals surface area contributed by atoms with Gasteiger partial charge in [0.1, 0.15) is 0 Å². The minimum absolute atomic E-state index is 0.630. The maximum Gasteiger partial charge on any atom is 0.164 e. The van der Waals surface area contributed by atoms with E-state index in [0.29, 0.717) is 17.5 Å². The van der Waals surface area contributed by atoms with Crippen LogP contribution in [0.5, 0.6) is 0 Å². The van der Waals surface area contributed by atoms with Crippen molar-refractivity contribution in [2.75, 3.05) is 0 Å². The molecule has 0 amide bonds. The first-order chi connectivity index (χ1) is 27.8. The van der Waals surface area contributed by atoms with Crippen LogP contribution in [0.1, 0.15) is 0 Å². The molecule has 8 aromatic carbocycles. The van der Waals surface area contributed by atoms with Gasteiger partial charge in [-0.05, 0) is 53.6 Å². The van der Waals surface area contributed by atoms with Gasteiger partial charge in [-0.2, -0.15) is 0 Å². The molecule has 5 nitrogen and oxygen atoms in total. The summed E-state index contributed by atoms with van der Waals surface area (Å²) >= 11 is 0. The zero-order chi connectivity index (χ0) is 37.0. The molecule has 0 atom stereocenters. The van der Waals surface area contributed by atoms with Crippen molar-refractivity contribution in [3.63, 3.8) is 0 Å². The summed E-state index contributed by atoms with van der Waals surface area (Å²) in [5.41, 5.74) is 11.9.